The van der Waals surface area contributed by atoms with Crippen molar-refractivity contribution < 1.29 is 18.1 Å². The maximum absolute atomic E-state index is 12.8. The predicted molar refractivity (Wildman–Crippen MR) is 77.8 cm³/mol. The van der Waals surface area contributed by atoms with E-state index in [1.807, 2.05) is 13.0 Å². The lowest BCUT2D eigenvalue weighted by atomic mass is 10.2. The number of hydrogen-bond donors (Lipinski definition) is 1. The fourth-order valence-electron chi connectivity index (χ4n) is 2.39. The van der Waals surface area contributed by atoms with Crippen LogP contribution in [0.4, 0.5) is 0 Å². The maximum Gasteiger partial charge on any atom is 0.247 e. The van der Waals surface area contributed by atoms with Crippen LogP contribution in [0.2, 0.25) is 0 Å². The van der Waals surface area contributed by atoms with Gasteiger partial charge in [-0.05, 0) is 24.1 Å². The van der Waals surface area contributed by atoms with Gasteiger partial charge >= 0.3 is 0 Å². The molecule has 1 heterocycles. The number of methoxy groups -OCH3 is 1. The summed E-state index contributed by atoms with van der Waals surface area (Å²) in [5.41, 5.74) is 1.00. The largest absolute Gasteiger partial charge is 0.495 e. The van der Waals surface area contributed by atoms with Crippen molar-refractivity contribution >= 4 is 10.0 Å². The summed E-state index contributed by atoms with van der Waals surface area (Å²) >= 11 is 0. The molecule has 2 rings (SSSR count). The summed E-state index contributed by atoms with van der Waals surface area (Å²) in [6.45, 7) is 4.82. The third-order valence-corrected chi connectivity index (χ3v) is 5.75. The molecule has 1 aromatic rings. The molecule has 0 bridgehead atoms. The molecule has 1 fully saturated rings. The number of piperazine rings is 1. The van der Waals surface area contributed by atoms with Crippen LogP contribution < -0.4 is 9.64 Å². The highest BCUT2D eigenvalue weighted by molar-refractivity contribution is 7.89. The summed E-state index contributed by atoms with van der Waals surface area (Å²) < 4.78 is 32.4. The van der Waals surface area contributed by atoms with Crippen LogP contribution in [0.1, 0.15) is 12.5 Å². The van der Waals surface area contributed by atoms with Gasteiger partial charge in [0.2, 0.25) is 10.0 Å². The first kappa shape index (κ1) is 15.3. The molecule has 0 aliphatic carbocycles. The Labute approximate surface area is 121 Å². The summed E-state index contributed by atoms with van der Waals surface area (Å²) in [5, 5.41) is 0. The highest BCUT2D eigenvalue weighted by Gasteiger charge is 2.31. The van der Waals surface area contributed by atoms with Crippen molar-refractivity contribution in [1.29, 1.82) is 0 Å². The van der Waals surface area contributed by atoms with Crippen LogP contribution >= 0.6 is 0 Å². The Hall–Kier alpha value is -1.11. The number of nitrogens with one attached hydrogen (secondary N) is 1. The van der Waals surface area contributed by atoms with Crippen molar-refractivity contribution in [2.45, 2.75) is 18.2 Å². The zero-order chi connectivity index (χ0) is 14.8. The first-order valence-corrected chi connectivity index (χ1v) is 8.41. The van der Waals surface area contributed by atoms with Crippen molar-refractivity contribution in [1.82, 2.24) is 4.31 Å². The van der Waals surface area contributed by atoms with E-state index in [4.69, 9.17) is 4.74 Å². The summed E-state index contributed by atoms with van der Waals surface area (Å²) in [7, 11) is 0.128. The third kappa shape index (κ3) is 2.97. The quantitative estimate of drug-likeness (QED) is 0.836. The molecule has 0 radical (unpaired) electrons. The summed E-state index contributed by atoms with van der Waals surface area (Å²) in [5.74, 6) is 0.425. The number of aryl methyl sites for hydroxylation is 1. The van der Waals surface area contributed by atoms with Crippen molar-refractivity contribution in [3.63, 3.8) is 0 Å². The minimum Gasteiger partial charge on any atom is -0.495 e. The van der Waals surface area contributed by atoms with Crippen molar-refractivity contribution in [3.05, 3.63) is 23.8 Å². The van der Waals surface area contributed by atoms with Gasteiger partial charge in [0, 0.05) is 0 Å². The van der Waals surface area contributed by atoms with E-state index in [9.17, 15) is 8.42 Å². The predicted octanol–water partition coefficient (Wildman–Crippen LogP) is -0.223. The molecule has 112 valence electrons. The molecule has 6 heteroatoms. The van der Waals surface area contributed by atoms with E-state index >= 15 is 0 Å². The second kappa shape index (κ2) is 6.11. The number of nitrogens with zero attached hydrogens (tertiary/aromatic N) is 1. The lowest BCUT2D eigenvalue weighted by molar-refractivity contribution is -0.883. The number of rotatable bonds is 4. The van der Waals surface area contributed by atoms with Crippen LogP contribution in [-0.2, 0) is 16.4 Å². The van der Waals surface area contributed by atoms with Crippen LogP contribution in [0.25, 0.3) is 0 Å². The molecule has 1 aromatic carbocycles. The molecule has 20 heavy (non-hydrogen) atoms. The molecule has 0 saturated carbocycles. The highest BCUT2D eigenvalue weighted by atomic mass is 32.2. The lowest BCUT2D eigenvalue weighted by Gasteiger charge is -2.29. The second-order valence-corrected chi connectivity index (χ2v) is 7.11. The molecule has 1 N–H and O–H groups in total. The zero-order valence-electron chi connectivity index (χ0n) is 12.3. The summed E-state index contributed by atoms with van der Waals surface area (Å²) in [6.07, 6.45) is 0.805. The van der Waals surface area contributed by atoms with Gasteiger partial charge in [0.15, 0.2) is 0 Å². The van der Waals surface area contributed by atoms with Crippen LogP contribution in [0.5, 0.6) is 5.75 Å². The monoisotopic (exact) mass is 299 g/mol. The van der Waals surface area contributed by atoms with Gasteiger partial charge in [-0.3, -0.25) is 0 Å². The Morgan fingerprint density at radius 1 is 1.30 bits per heavy atom. The van der Waals surface area contributed by atoms with Crippen LogP contribution in [0, 0.1) is 0 Å². The van der Waals surface area contributed by atoms with Gasteiger partial charge in [-0.1, -0.05) is 13.0 Å². The fourth-order valence-corrected chi connectivity index (χ4v) is 4.04. The smallest absolute Gasteiger partial charge is 0.247 e. The molecule has 1 saturated heterocycles. The molecule has 0 unspecified atom stereocenters. The molecule has 0 spiro atoms. The van der Waals surface area contributed by atoms with E-state index in [0.717, 1.165) is 25.1 Å². The van der Waals surface area contributed by atoms with Crippen LogP contribution in [-0.4, -0.2) is 53.1 Å². The average Bonchev–Trinajstić information content (AvgIpc) is 2.47. The Morgan fingerprint density at radius 3 is 2.50 bits per heavy atom. The number of sulfonamides is 1. The van der Waals surface area contributed by atoms with Gasteiger partial charge in [-0.15, -0.1) is 0 Å². The Morgan fingerprint density at radius 2 is 1.95 bits per heavy atom. The number of benzene rings is 1. The van der Waals surface area contributed by atoms with Crippen LogP contribution in [0.3, 0.4) is 0 Å². The van der Waals surface area contributed by atoms with Gasteiger partial charge in [0.1, 0.15) is 10.6 Å². The van der Waals surface area contributed by atoms with Crippen LogP contribution in [0.15, 0.2) is 23.1 Å². The van der Waals surface area contributed by atoms with E-state index in [-0.39, 0.29) is 0 Å². The van der Waals surface area contributed by atoms with Gasteiger partial charge in [0.05, 0.1) is 40.3 Å². The molecule has 0 amide bonds. The molecule has 5 nitrogen and oxygen atoms in total. The Kier molecular flexibility index (Phi) is 4.67. The molecule has 0 aromatic heterocycles. The van der Waals surface area contributed by atoms with Gasteiger partial charge in [-0.25, -0.2) is 8.42 Å². The molecular weight excluding hydrogens is 276 g/mol. The SMILES string of the molecule is CCc1ccc(OC)c(S(=O)(=O)N2CC[NH+](C)CC2)c1. The van der Waals surface area contributed by atoms with Gasteiger partial charge < -0.3 is 9.64 Å². The lowest BCUT2D eigenvalue weighted by Crippen LogP contribution is -3.12. The van der Waals surface area contributed by atoms with E-state index in [1.165, 1.54) is 12.0 Å². The summed E-state index contributed by atoms with van der Waals surface area (Å²) in [4.78, 5) is 1.66. The number of ether oxygens (including phenoxy) is 1. The standard InChI is InChI=1S/C14H22N2O3S/c1-4-12-5-6-13(19-3)14(11-12)20(17,18)16-9-7-15(2)8-10-16/h5-6,11H,4,7-10H2,1-3H3/p+1. The van der Waals surface area contributed by atoms with E-state index in [1.54, 1.807) is 16.4 Å². The second-order valence-electron chi connectivity index (χ2n) is 5.20. The molecule has 1 aliphatic heterocycles. The fraction of sp³-hybridized carbons (Fsp3) is 0.571. The van der Waals surface area contributed by atoms with E-state index in [2.05, 4.69) is 7.05 Å². The van der Waals surface area contributed by atoms with Crippen molar-refractivity contribution in [2.24, 2.45) is 0 Å². The third-order valence-electron chi connectivity index (χ3n) is 3.83. The van der Waals surface area contributed by atoms with Gasteiger partial charge in [-0.2, -0.15) is 4.31 Å². The minimum atomic E-state index is -3.47. The van der Waals surface area contributed by atoms with Crippen molar-refractivity contribution in [2.75, 3.05) is 40.3 Å². The van der Waals surface area contributed by atoms with Gasteiger partial charge in [0.25, 0.3) is 0 Å². The molecular formula is C14H23N2O3S+. The zero-order valence-corrected chi connectivity index (χ0v) is 13.2. The number of hydrogen-bond acceptors (Lipinski definition) is 3. The Bertz CT molecular complexity index is 564. The normalized spacial score (nSPS) is 18.1. The highest BCUT2D eigenvalue weighted by Crippen LogP contribution is 2.28. The average molecular weight is 299 g/mol. The van der Waals surface area contributed by atoms with E-state index in [0.29, 0.717) is 23.7 Å². The number of quaternary nitrogens is 1. The Balaban J connectivity index is 2.37. The number of likely N-dealkylation sites (N-methyl/N-ethyl adjacent to an activating group) is 1. The molecule has 1 aliphatic rings. The maximum atomic E-state index is 12.8. The summed E-state index contributed by atoms with van der Waals surface area (Å²) in [6, 6.07) is 5.39. The first-order chi connectivity index (χ1) is 9.48. The minimum absolute atomic E-state index is 0.291. The van der Waals surface area contributed by atoms with Crippen molar-refractivity contribution in [3.8, 4) is 5.75 Å². The first-order valence-electron chi connectivity index (χ1n) is 6.97. The molecule has 0 atom stereocenters. The van der Waals surface area contributed by atoms with E-state index < -0.39 is 10.0 Å². The topological polar surface area (TPSA) is 51.1 Å².